The summed E-state index contributed by atoms with van der Waals surface area (Å²) in [6.07, 6.45) is 3.68. The van der Waals surface area contributed by atoms with Crippen molar-refractivity contribution in [2.45, 2.75) is 19.8 Å². The highest BCUT2D eigenvalue weighted by molar-refractivity contribution is 9.10. The lowest BCUT2D eigenvalue weighted by Gasteiger charge is -2.13. The van der Waals surface area contributed by atoms with Gasteiger partial charge in [0.05, 0.1) is 18.2 Å². The normalized spacial score (nSPS) is 14.6. The second kappa shape index (κ2) is 9.35. The van der Waals surface area contributed by atoms with Gasteiger partial charge in [-0.15, -0.1) is 0 Å². The summed E-state index contributed by atoms with van der Waals surface area (Å²) >= 11 is 3.54. The van der Waals surface area contributed by atoms with Crippen molar-refractivity contribution in [3.8, 4) is 11.5 Å². The number of nitrogens with zero attached hydrogens (tertiary/aromatic N) is 1. The van der Waals surface area contributed by atoms with Crippen molar-refractivity contribution in [2.24, 2.45) is 4.99 Å². The van der Waals surface area contributed by atoms with Gasteiger partial charge in [-0.25, -0.2) is 9.79 Å². The second-order valence-electron chi connectivity index (χ2n) is 7.13. The highest BCUT2D eigenvalue weighted by Crippen LogP contribution is 2.37. The first-order chi connectivity index (χ1) is 15.1. The minimum absolute atomic E-state index is 0.233. The summed E-state index contributed by atoms with van der Waals surface area (Å²) in [6.45, 7) is 2.72. The first-order valence-electron chi connectivity index (χ1n) is 10.1. The highest BCUT2D eigenvalue weighted by Gasteiger charge is 2.24. The Kier molecular flexibility index (Phi) is 6.37. The monoisotopic (exact) mass is 479 g/mol. The minimum atomic E-state index is -0.485. The van der Waals surface area contributed by atoms with Gasteiger partial charge in [-0.1, -0.05) is 43.7 Å². The average molecular weight is 480 g/mol. The fraction of sp³-hybridized carbons (Fsp3) is 0.200. The highest BCUT2D eigenvalue weighted by atomic mass is 79.9. The number of hydrogen-bond acceptors (Lipinski definition) is 5. The van der Waals surface area contributed by atoms with E-state index < -0.39 is 5.97 Å². The lowest BCUT2D eigenvalue weighted by Crippen LogP contribution is -2.05. The number of halogens is 1. The van der Waals surface area contributed by atoms with Gasteiger partial charge in [-0.3, -0.25) is 0 Å². The van der Waals surface area contributed by atoms with Crippen LogP contribution in [0.3, 0.4) is 0 Å². The molecule has 0 amide bonds. The Bertz CT molecular complexity index is 1200. The van der Waals surface area contributed by atoms with E-state index in [1.807, 2.05) is 54.6 Å². The summed E-state index contributed by atoms with van der Waals surface area (Å²) in [5.74, 6) is 1.05. The molecule has 0 N–H and O–H groups in total. The Morgan fingerprint density at radius 1 is 1.10 bits per heavy atom. The zero-order valence-electron chi connectivity index (χ0n) is 17.4. The lowest BCUT2D eigenvalue weighted by molar-refractivity contribution is -0.129. The van der Waals surface area contributed by atoms with Gasteiger partial charge in [0.15, 0.2) is 17.2 Å². The molecule has 0 aromatic heterocycles. The number of ether oxygens (including phenoxy) is 3. The molecule has 0 saturated heterocycles. The SMILES string of the molecule is CCCCOc1c(Br)cc(/C=C2\N=C(c3ccc4ccccc4c3)OC2=O)cc1OC. The summed E-state index contributed by atoms with van der Waals surface area (Å²) in [6, 6.07) is 17.6. The molecular weight excluding hydrogens is 458 g/mol. The Labute approximate surface area is 189 Å². The van der Waals surface area contributed by atoms with Crippen molar-refractivity contribution in [3.63, 3.8) is 0 Å². The van der Waals surface area contributed by atoms with E-state index in [-0.39, 0.29) is 5.70 Å². The maximum absolute atomic E-state index is 12.4. The molecule has 0 fully saturated rings. The van der Waals surface area contributed by atoms with Crippen molar-refractivity contribution >= 4 is 44.6 Å². The molecule has 0 radical (unpaired) electrons. The van der Waals surface area contributed by atoms with Crippen molar-refractivity contribution in [1.82, 2.24) is 0 Å². The van der Waals surface area contributed by atoms with E-state index in [1.54, 1.807) is 13.2 Å². The number of cyclic esters (lactones) is 1. The fourth-order valence-corrected chi connectivity index (χ4v) is 3.87. The van der Waals surface area contributed by atoms with Crippen LogP contribution in [0.4, 0.5) is 0 Å². The quantitative estimate of drug-likeness (QED) is 0.232. The molecule has 0 unspecified atom stereocenters. The van der Waals surface area contributed by atoms with Crippen LogP contribution in [0.15, 0.2) is 69.8 Å². The molecule has 1 heterocycles. The Morgan fingerprint density at radius 3 is 2.68 bits per heavy atom. The molecule has 0 saturated carbocycles. The van der Waals surface area contributed by atoms with Crippen molar-refractivity contribution in [1.29, 1.82) is 0 Å². The standard InChI is InChI=1S/C25H22BrNO4/c1-3-4-11-30-23-20(26)12-16(14-22(23)29-2)13-21-25(28)31-24(27-21)19-10-9-17-7-5-6-8-18(17)15-19/h5-10,12-15H,3-4,11H2,1-2H3/b21-13-. The predicted octanol–water partition coefficient (Wildman–Crippen LogP) is 6.13. The summed E-state index contributed by atoms with van der Waals surface area (Å²) in [7, 11) is 1.59. The van der Waals surface area contributed by atoms with Gasteiger partial charge in [0, 0.05) is 5.56 Å². The number of rotatable bonds is 7. The van der Waals surface area contributed by atoms with Gasteiger partial charge in [-0.05, 0) is 69.0 Å². The predicted molar refractivity (Wildman–Crippen MR) is 126 cm³/mol. The van der Waals surface area contributed by atoms with Gasteiger partial charge in [0.2, 0.25) is 5.90 Å². The van der Waals surface area contributed by atoms with Crippen LogP contribution in [-0.2, 0) is 9.53 Å². The van der Waals surface area contributed by atoms with E-state index in [9.17, 15) is 4.79 Å². The summed E-state index contributed by atoms with van der Waals surface area (Å²) in [5.41, 5.74) is 1.74. The molecule has 0 spiro atoms. The first-order valence-corrected chi connectivity index (χ1v) is 10.9. The molecule has 0 aliphatic carbocycles. The zero-order chi connectivity index (χ0) is 21.8. The maximum Gasteiger partial charge on any atom is 0.363 e. The molecule has 3 aromatic rings. The van der Waals surface area contributed by atoms with Crippen LogP contribution in [0.2, 0.25) is 0 Å². The second-order valence-corrected chi connectivity index (χ2v) is 7.99. The number of carbonyl (C=O) groups excluding carboxylic acids is 1. The zero-order valence-corrected chi connectivity index (χ0v) is 18.9. The largest absolute Gasteiger partial charge is 0.493 e. The topological polar surface area (TPSA) is 57.1 Å². The van der Waals surface area contributed by atoms with Crippen molar-refractivity contribution in [2.75, 3.05) is 13.7 Å². The molecule has 0 bridgehead atoms. The van der Waals surface area contributed by atoms with Gasteiger partial charge in [0.1, 0.15) is 0 Å². The lowest BCUT2D eigenvalue weighted by atomic mass is 10.1. The fourth-order valence-electron chi connectivity index (χ4n) is 3.29. The van der Waals surface area contributed by atoms with Crippen LogP contribution >= 0.6 is 15.9 Å². The van der Waals surface area contributed by atoms with Crippen LogP contribution in [0.5, 0.6) is 11.5 Å². The molecule has 4 rings (SSSR count). The van der Waals surface area contributed by atoms with E-state index in [0.717, 1.165) is 39.2 Å². The number of aliphatic imine (C=N–C) groups is 1. The van der Waals surface area contributed by atoms with Crippen molar-refractivity contribution < 1.29 is 19.0 Å². The van der Waals surface area contributed by atoms with Crippen LogP contribution in [-0.4, -0.2) is 25.6 Å². The molecule has 31 heavy (non-hydrogen) atoms. The van der Waals surface area contributed by atoms with Crippen molar-refractivity contribution in [3.05, 3.63) is 75.9 Å². The number of carbonyl (C=O) groups is 1. The number of benzene rings is 3. The number of methoxy groups -OCH3 is 1. The Hall–Kier alpha value is -3.12. The van der Waals surface area contributed by atoms with Crippen LogP contribution in [0.1, 0.15) is 30.9 Å². The first kappa shape index (κ1) is 21.1. The van der Waals surface area contributed by atoms with E-state index in [4.69, 9.17) is 14.2 Å². The van der Waals surface area contributed by atoms with Crippen LogP contribution < -0.4 is 9.47 Å². The van der Waals surface area contributed by atoms with Gasteiger partial charge in [-0.2, -0.15) is 0 Å². The molecule has 1 aliphatic rings. The number of unbranched alkanes of at least 4 members (excludes halogenated alkanes) is 1. The Morgan fingerprint density at radius 2 is 1.90 bits per heavy atom. The molecule has 1 aliphatic heterocycles. The molecular formula is C25H22BrNO4. The summed E-state index contributed by atoms with van der Waals surface area (Å²) in [5, 5.41) is 2.17. The van der Waals surface area contributed by atoms with Gasteiger partial charge in [0.25, 0.3) is 0 Å². The van der Waals surface area contributed by atoms with Gasteiger partial charge < -0.3 is 14.2 Å². The molecule has 6 heteroatoms. The Balaban J connectivity index is 1.64. The van der Waals surface area contributed by atoms with E-state index in [2.05, 4.69) is 27.8 Å². The van der Waals surface area contributed by atoms with E-state index >= 15 is 0 Å². The molecule has 0 atom stereocenters. The average Bonchev–Trinajstić information content (AvgIpc) is 3.14. The molecule has 3 aromatic carbocycles. The molecule has 5 nitrogen and oxygen atoms in total. The molecule has 158 valence electrons. The van der Waals surface area contributed by atoms with Gasteiger partial charge >= 0.3 is 5.97 Å². The number of hydrogen-bond donors (Lipinski definition) is 0. The summed E-state index contributed by atoms with van der Waals surface area (Å²) < 4.78 is 17.5. The van der Waals surface area contributed by atoms with Crippen LogP contribution in [0, 0.1) is 0 Å². The van der Waals surface area contributed by atoms with E-state index in [1.165, 1.54) is 0 Å². The third-order valence-electron chi connectivity index (χ3n) is 4.92. The minimum Gasteiger partial charge on any atom is -0.493 e. The number of fused-ring (bicyclic) bond motifs is 1. The summed E-state index contributed by atoms with van der Waals surface area (Å²) in [4.78, 5) is 16.9. The third kappa shape index (κ3) is 4.64. The number of esters is 1. The van der Waals surface area contributed by atoms with E-state index in [0.29, 0.717) is 24.0 Å². The smallest absolute Gasteiger partial charge is 0.363 e. The van der Waals surface area contributed by atoms with Crippen LogP contribution in [0.25, 0.3) is 16.8 Å². The third-order valence-corrected chi connectivity index (χ3v) is 5.51. The maximum atomic E-state index is 12.4.